The van der Waals surface area contributed by atoms with Crippen LogP contribution in [0.2, 0.25) is 0 Å². The van der Waals surface area contributed by atoms with Gasteiger partial charge in [-0.05, 0) is 67.3 Å². The molecule has 0 bridgehead atoms. The van der Waals surface area contributed by atoms with Crippen molar-refractivity contribution in [1.82, 2.24) is 15.5 Å². The number of aromatic hydroxyl groups is 1. The largest absolute Gasteiger partial charge is 0.508 e. The molecular weight excluding hydrogens is 534 g/mol. The van der Waals surface area contributed by atoms with Gasteiger partial charge in [0.25, 0.3) is 11.8 Å². The maximum absolute atomic E-state index is 13.7. The number of aliphatic hydroxyl groups is 1. The summed E-state index contributed by atoms with van der Waals surface area (Å²) in [4.78, 5) is 41.7. The van der Waals surface area contributed by atoms with Gasteiger partial charge in [0, 0.05) is 22.4 Å². The van der Waals surface area contributed by atoms with Crippen LogP contribution in [0.15, 0.2) is 65.4 Å². The average Bonchev–Trinajstić information content (AvgIpc) is 3.55. The van der Waals surface area contributed by atoms with E-state index in [9.17, 15) is 24.6 Å². The Balaban J connectivity index is 1.56. The molecule has 1 aliphatic rings. The monoisotopic (exact) mass is 567 g/mol. The maximum atomic E-state index is 13.7. The molecule has 0 radical (unpaired) electrons. The number of rotatable bonds is 9. The number of hydrogen-bond donors (Lipinski definition) is 4. The summed E-state index contributed by atoms with van der Waals surface area (Å²) in [6, 6.07) is 14.0. The normalized spacial score (nSPS) is 17.8. The Morgan fingerprint density at radius 1 is 1.08 bits per heavy atom. The van der Waals surface area contributed by atoms with E-state index < -0.39 is 34.7 Å². The number of amides is 3. The first-order valence-corrected chi connectivity index (χ1v) is 14.6. The van der Waals surface area contributed by atoms with Gasteiger partial charge in [-0.3, -0.25) is 14.4 Å². The Bertz CT molecular complexity index is 1310. The van der Waals surface area contributed by atoms with Crippen molar-refractivity contribution < 1.29 is 24.6 Å². The van der Waals surface area contributed by atoms with Gasteiger partial charge in [0.1, 0.15) is 11.8 Å². The van der Waals surface area contributed by atoms with Gasteiger partial charge in [-0.25, -0.2) is 0 Å². The third kappa shape index (κ3) is 6.63. The van der Waals surface area contributed by atoms with Crippen LogP contribution in [-0.2, 0) is 22.6 Å². The predicted molar refractivity (Wildman–Crippen MR) is 154 cm³/mol. The number of thiophene rings is 1. The minimum absolute atomic E-state index is 0.0217. The molecule has 39 heavy (non-hydrogen) atoms. The molecule has 0 unspecified atom stereocenters. The van der Waals surface area contributed by atoms with Crippen molar-refractivity contribution in [3.63, 3.8) is 0 Å². The zero-order valence-corrected chi connectivity index (χ0v) is 23.7. The molecule has 3 aromatic rings. The second-order valence-corrected chi connectivity index (χ2v) is 12.5. The van der Waals surface area contributed by atoms with E-state index in [1.807, 2.05) is 61.0 Å². The second-order valence-electron chi connectivity index (χ2n) is 10.1. The molecular formula is C29H33N3O5S2. The lowest BCUT2D eigenvalue weighted by Crippen LogP contribution is -2.58. The predicted octanol–water partition coefficient (Wildman–Crippen LogP) is 3.46. The van der Waals surface area contributed by atoms with Crippen LogP contribution in [-0.4, -0.2) is 61.6 Å². The molecule has 1 fully saturated rings. The van der Waals surface area contributed by atoms with E-state index in [-0.39, 0.29) is 29.5 Å². The van der Waals surface area contributed by atoms with Crippen LogP contribution in [0.25, 0.3) is 0 Å². The van der Waals surface area contributed by atoms with E-state index in [4.69, 9.17) is 0 Å². The molecule has 0 saturated carbocycles. The first-order chi connectivity index (χ1) is 18.6. The molecule has 2 heterocycles. The zero-order chi connectivity index (χ0) is 28.2. The van der Waals surface area contributed by atoms with Gasteiger partial charge in [0.15, 0.2) is 6.10 Å². The van der Waals surface area contributed by atoms with Crippen LogP contribution in [0.3, 0.4) is 0 Å². The van der Waals surface area contributed by atoms with Gasteiger partial charge in [0.2, 0.25) is 5.91 Å². The van der Waals surface area contributed by atoms with Crippen LogP contribution >= 0.6 is 23.1 Å². The number of carbonyl (C=O) groups is 3. The van der Waals surface area contributed by atoms with E-state index in [2.05, 4.69) is 10.6 Å². The van der Waals surface area contributed by atoms with Crippen molar-refractivity contribution in [3.05, 3.63) is 87.6 Å². The Morgan fingerprint density at radius 3 is 2.51 bits per heavy atom. The maximum Gasteiger partial charge on any atom is 0.254 e. The van der Waals surface area contributed by atoms with Crippen molar-refractivity contribution in [3.8, 4) is 5.75 Å². The smallest absolute Gasteiger partial charge is 0.254 e. The van der Waals surface area contributed by atoms with Crippen molar-refractivity contribution in [1.29, 1.82) is 0 Å². The fraction of sp³-hybridized carbons (Fsp3) is 0.345. The number of nitrogens with one attached hydrogen (secondary N) is 2. The number of benzene rings is 2. The summed E-state index contributed by atoms with van der Waals surface area (Å²) in [5.41, 5.74) is 2.44. The standard InChI is InChI=1S/C29H33N3O5S2/c1-18-21(10-7-11-23(18)33)26(35)31-22(14-19-8-5-4-6-9-19)24(34)28(37)32-17-39-29(2,3)25(32)27(36)30-15-20-12-13-38-16-20/h4-13,16,22,24-25,33-34H,14-15,17H2,1-3H3,(H,30,36)(H,31,35)/t22-,24-,25-/m0/s1. The summed E-state index contributed by atoms with van der Waals surface area (Å²) in [6.45, 7) is 5.78. The van der Waals surface area contributed by atoms with E-state index >= 15 is 0 Å². The Kier molecular flexibility index (Phi) is 8.99. The first kappa shape index (κ1) is 28.7. The quantitative estimate of drug-likeness (QED) is 0.315. The zero-order valence-electron chi connectivity index (χ0n) is 22.1. The van der Waals surface area contributed by atoms with Crippen molar-refractivity contribution in [2.24, 2.45) is 0 Å². The van der Waals surface area contributed by atoms with E-state index in [0.717, 1.165) is 11.1 Å². The minimum atomic E-state index is -1.60. The van der Waals surface area contributed by atoms with Crippen LogP contribution in [0, 0.1) is 6.92 Å². The summed E-state index contributed by atoms with van der Waals surface area (Å²) < 4.78 is -0.578. The highest BCUT2D eigenvalue weighted by Crippen LogP contribution is 2.40. The third-order valence-electron chi connectivity index (χ3n) is 6.92. The molecule has 10 heteroatoms. The lowest BCUT2D eigenvalue weighted by atomic mass is 9.96. The van der Waals surface area contributed by atoms with E-state index in [0.29, 0.717) is 12.1 Å². The Hall–Kier alpha value is -3.34. The topological polar surface area (TPSA) is 119 Å². The molecule has 1 aliphatic heterocycles. The number of carbonyl (C=O) groups excluding carboxylic acids is 3. The van der Waals surface area contributed by atoms with Crippen LogP contribution in [0.4, 0.5) is 0 Å². The second kappa shape index (κ2) is 12.2. The fourth-order valence-electron chi connectivity index (χ4n) is 4.66. The first-order valence-electron chi connectivity index (χ1n) is 12.6. The SMILES string of the molecule is Cc1c(O)cccc1C(=O)N[C@@H](Cc1ccccc1)[C@H](O)C(=O)N1CSC(C)(C)[C@@H]1C(=O)NCc1ccsc1. The summed E-state index contributed by atoms with van der Waals surface area (Å²) in [5.74, 6) is -1.23. The highest BCUT2D eigenvalue weighted by Gasteiger charge is 2.49. The van der Waals surface area contributed by atoms with Gasteiger partial charge in [-0.1, -0.05) is 36.4 Å². The number of thioether (sulfide) groups is 1. The molecule has 2 aromatic carbocycles. The molecule has 4 rings (SSSR count). The van der Waals surface area contributed by atoms with Gasteiger partial charge in [-0.2, -0.15) is 11.3 Å². The van der Waals surface area contributed by atoms with Crippen LogP contribution in [0.1, 0.15) is 40.9 Å². The molecule has 0 spiro atoms. The average molecular weight is 568 g/mol. The number of nitrogens with zero attached hydrogens (tertiary/aromatic N) is 1. The third-order valence-corrected chi connectivity index (χ3v) is 9.03. The summed E-state index contributed by atoms with van der Waals surface area (Å²) in [7, 11) is 0. The van der Waals surface area contributed by atoms with Gasteiger partial charge >= 0.3 is 0 Å². The molecule has 1 saturated heterocycles. The van der Waals surface area contributed by atoms with Crippen molar-refractivity contribution in [2.45, 2.75) is 56.7 Å². The minimum Gasteiger partial charge on any atom is -0.508 e. The molecule has 0 aliphatic carbocycles. The highest BCUT2D eigenvalue weighted by atomic mass is 32.2. The van der Waals surface area contributed by atoms with Gasteiger partial charge < -0.3 is 25.7 Å². The number of phenolic OH excluding ortho intramolecular Hbond substituents is 1. The lowest BCUT2D eigenvalue weighted by Gasteiger charge is -2.33. The molecule has 4 N–H and O–H groups in total. The van der Waals surface area contributed by atoms with Crippen LogP contribution in [0.5, 0.6) is 5.75 Å². The number of phenols is 1. The number of hydrogen-bond acceptors (Lipinski definition) is 7. The van der Waals surface area contributed by atoms with E-state index in [1.165, 1.54) is 34.1 Å². The summed E-state index contributed by atoms with van der Waals surface area (Å²) in [5, 5.41) is 31.1. The summed E-state index contributed by atoms with van der Waals surface area (Å²) >= 11 is 3.00. The fourth-order valence-corrected chi connectivity index (χ4v) is 6.47. The molecule has 206 valence electrons. The molecule has 3 amide bonds. The molecule has 1 aromatic heterocycles. The van der Waals surface area contributed by atoms with Crippen LogP contribution < -0.4 is 10.6 Å². The van der Waals surface area contributed by atoms with Gasteiger partial charge in [-0.15, -0.1) is 11.8 Å². The Morgan fingerprint density at radius 2 is 1.82 bits per heavy atom. The molecule has 3 atom stereocenters. The number of aliphatic hydroxyl groups excluding tert-OH is 1. The summed E-state index contributed by atoms with van der Waals surface area (Å²) in [6.07, 6.45) is -1.41. The lowest BCUT2D eigenvalue weighted by molar-refractivity contribution is -0.147. The van der Waals surface area contributed by atoms with Crippen molar-refractivity contribution in [2.75, 3.05) is 5.88 Å². The highest BCUT2D eigenvalue weighted by molar-refractivity contribution is 8.00. The van der Waals surface area contributed by atoms with Gasteiger partial charge in [0.05, 0.1) is 11.9 Å². The molecule has 8 nitrogen and oxygen atoms in total. The van der Waals surface area contributed by atoms with Crippen molar-refractivity contribution >= 4 is 40.8 Å². The Labute approximate surface area is 236 Å². The van der Waals surface area contributed by atoms with E-state index in [1.54, 1.807) is 19.1 Å².